The molecule has 4 aromatic carbocycles. The van der Waals surface area contributed by atoms with Crippen LogP contribution in [0.3, 0.4) is 0 Å². The normalized spacial score (nSPS) is 11.8. The molecule has 0 bridgehead atoms. The van der Waals surface area contributed by atoms with Crippen molar-refractivity contribution < 1.29 is 22.7 Å². The lowest BCUT2D eigenvalue weighted by Gasteiger charge is -2.33. The highest BCUT2D eigenvalue weighted by Gasteiger charge is 2.32. The molecule has 9 heteroatoms. The first-order valence-corrected chi connectivity index (χ1v) is 15.5. The number of nitrogens with zero attached hydrogens (tertiary/aromatic N) is 2. The highest BCUT2D eigenvalue weighted by molar-refractivity contribution is 7.92. The molecule has 0 aliphatic rings. The van der Waals surface area contributed by atoms with Gasteiger partial charge in [-0.1, -0.05) is 78.9 Å². The minimum absolute atomic E-state index is 0.135. The van der Waals surface area contributed by atoms with Gasteiger partial charge in [-0.3, -0.25) is 13.9 Å². The summed E-state index contributed by atoms with van der Waals surface area (Å²) in [5.74, 6) is 0.362. The number of benzene rings is 4. The number of carbonyl (C=O) groups excluding carboxylic acids is 2. The van der Waals surface area contributed by atoms with E-state index in [4.69, 9.17) is 4.74 Å². The lowest BCUT2D eigenvalue weighted by atomic mass is 10.0. The van der Waals surface area contributed by atoms with Gasteiger partial charge in [0, 0.05) is 19.5 Å². The molecule has 0 fully saturated rings. The van der Waals surface area contributed by atoms with Gasteiger partial charge in [-0.15, -0.1) is 0 Å². The molecule has 0 saturated carbocycles. The van der Waals surface area contributed by atoms with Crippen LogP contribution in [0.1, 0.15) is 18.1 Å². The quantitative estimate of drug-likeness (QED) is 0.238. The number of hydrogen-bond donors (Lipinski definition) is 1. The van der Waals surface area contributed by atoms with E-state index >= 15 is 0 Å². The molecule has 218 valence electrons. The third-order valence-corrected chi connectivity index (χ3v) is 7.74. The van der Waals surface area contributed by atoms with Crippen molar-refractivity contribution in [1.29, 1.82) is 0 Å². The summed E-state index contributed by atoms with van der Waals surface area (Å²) in [5, 5.41) is 2.85. The maximum Gasteiger partial charge on any atom is 0.244 e. The Balaban J connectivity index is 1.64. The summed E-state index contributed by atoms with van der Waals surface area (Å²) in [7, 11) is -3.86. The molecule has 0 radical (unpaired) electrons. The Labute approximate surface area is 247 Å². The number of carbonyl (C=O) groups is 2. The van der Waals surface area contributed by atoms with Crippen molar-refractivity contribution in [3.63, 3.8) is 0 Å². The average molecular weight is 586 g/mol. The second-order valence-electron chi connectivity index (χ2n) is 9.79. The highest BCUT2D eigenvalue weighted by Crippen LogP contribution is 2.26. The molecule has 2 amide bonds. The Morgan fingerprint density at radius 2 is 1.29 bits per heavy atom. The van der Waals surface area contributed by atoms with Crippen LogP contribution in [0.5, 0.6) is 11.5 Å². The molecular weight excluding hydrogens is 550 g/mol. The van der Waals surface area contributed by atoms with Crippen LogP contribution in [0, 0.1) is 0 Å². The molecule has 0 aliphatic heterocycles. The fourth-order valence-electron chi connectivity index (χ4n) is 4.54. The summed E-state index contributed by atoms with van der Waals surface area (Å²) >= 11 is 0. The molecule has 0 saturated heterocycles. The second-order valence-corrected chi connectivity index (χ2v) is 11.7. The zero-order valence-electron chi connectivity index (χ0n) is 23.7. The van der Waals surface area contributed by atoms with E-state index < -0.39 is 28.5 Å². The number of hydrogen-bond acceptors (Lipinski definition) is 5. The van der Waals surface area contributed by atoms with Crippen molar-refractivity contribution in [3.05, 3.63) is 126 Å². The predicted molar refractivity (Wildman–Crippen MR) is 165 cm³/mol. The summed E-state index contributed by atoms with van der Waals surface area (Å²) in [5.41, 5.74) is 2.01. The molecule has 1 atom stereocenters. The van der Waals surface area contributed by atoms with Crippen LogP contribution < -0.4 is 14.4 Å². The molecule has 0 aliphatic carbocycles. The smallest absolute Gasteiger partial charge is 0.244 e. The van der Waals surface area contributed by atoms with Crippen LogP contribution >= 0.6 is 0 Å². The summed E-state index contributed by atoms with van der Waals surface area (Å²) in [6.45, 7) is 1.87. The van der Waals surface area contributed by atoms with Crippen molar-refractivity contribution in [2.75, 3.05) is 23.7 Å². The van der Waals surface area contributed by atoms with Gasteiger partial charge in [-0.05, 0) is 54.4 Å². The summed E-state index contributed by atoms with van der Waals surface area (Å²) in [6, 6.07) is 33.7. The van der Waals surface area contributed by atoms with E-state index in [-0.39, 0.29) is 18.9 Å². The van der Waals surface area contributed by atoms with Crippen LogP contribution in [-0.2, 0) is 32.6 Å². The summed E-state index contributed by atoms with van der Waals surface area (Å²) in [6.07, 6.45) is 1.33. The number of anilines is 1. The van der Waals surface area contributed by atoms with E-state index in [2.05, 4.69) is 5.32 Å². The minimum atomic E-state index is -3.86. The van der Waals surface area contributed by atoms with Gasteiger partial charge in [-0.2, -0.15) is 0 Å². The van der Waals surface area contributed by atoms with Gasteiger partial charge < -0.3 is 15.0 Å². The van der Waals surface area contributed by atoms with E-state index in [0.29, 0.717) is 23.7 Å². The Hall–Kier alpha value is -4.63. The van der Waals surface area contributed by atoms with E-state index in [1.807, 2.05) is 97.9 Å². The fourth-order valence-corrected chi connectivity index (χ4v) is 5.39. The highest BCUT2D eigenvalue weighted by atomic mass is 32.2. The van der Waals surface area contributed by atoms with Gasteiger partial charge in [0.05, 0.1) is 11.9 Å². The third kappa shape index (κ3) is 8.44. The Morgan fingerprint density at radius 3 is 1.83 bits per heavy atom. The Bertz CT molecular complexity index is 1550. The maximum atomic E-state index is 14.0. The summed E-state index contributed by atoms with van der Waals surface area (Å²) in [4.78, 5) is 28.9. The molecule has 1 N–H and O–H groups in total. The number of sulfonamides is 1. The van der Waals surface area contributed by atoms with Gasteiger partial charge >= 0.3 is 0 Å². The Kier molecular flexibility index (Phi) is 10.3. The van der Waals surface area contributed by atoms with Crippen molar-refractivity contribution in [1.82, 2.24) is 10.2 Å². The number of para-hydroxylation sites is 1. The monoisotopic (exact) mass is 585 g/mol. The van der Waals surface area contributed by atoms with Gasteiger partial charge in [0.2, 0.25) is 21.8 Å². The molecule has 0 aromatic heterocycles. The lowest BCUT2D eigenvalue weighted by molar-refractivity contribution is -0.140. The molecule has 8 nitrogen and oxygen atoms in total. The predicted octanol–water partition coefficient (Wildman–Crippen LogP) is 5.02. The van der Waals surface area contributed by atoms with Crippen molar-refractivity contribution in [2.45, 2.75) is 25.9 Å². The summed E-state index contributed by atoms with van der Waals surface area (Å²) < 4.78 is 32.8. The molecule has 0 spiro atoms. The number of rotatable bonds is 13. The molecule has 0 heterocycles. The first kappa shape index (κ1) is 30.3. The van der Waals surface area contributed by atoms with Gasteiger partial charge in [-0.25, -0.2) is 8.42 Å². The fraction of sp³-hybridized carbons (Fsp3) is 0.212. The number of ether oxygens (including phenoxy) is 1. The second kappa shape index (κ2) is 14.3. The van der Waals surface area contributed by atoms with Gasteiger partial charge in [0.15, 0.2) is 0 Å². The first-order valence-electron chi connectivity index (χ1n) is 13.7. The number of nitrogens with one attached hydrogen (secondary N) is 1. The molecule has 0 unspecified atom stereocenters. The largest absolute Gasteiger partial charge is 0.457 e. The molecule has 4 rings (SSSR count). The van der Waals surface area contributed by atoms with Crippen LogP contribution in [0.2, 0.25) is 0 Å². The molecule has 4 aromatic rings. The van der Waals surface area contributed by atoms with E-state index in [0.717, 1.165) is 21.7 Å². The van der Waals surface area contributed by atoms with E-state index in [9.17, 15) is 18.0 Å². The van der Waals surface area contributed by atoms with Crippen LogP contribution in [-0.4, -0.2) is 50.5 Å². The lowest BCUT2D eigenvalue weighted by Crippen LogP contribution is -2.53. The SMILES string of the molecule is CCNC(=O)[C@@H](Cc1ccccc1)N(Cc1ccccc1)C(=O)CN(c1ccc(Oc2ccccc2)cc1)S(C)(=O)=O. The van der Waals surface area contributed by atoms with E-state index in [1.165, 1.54) is 4.90 Å². The van der Waals surface area contributed by atoms with Gasteiger partial charge in [0.25, 0.3) is 0 Å². The zero-order valence-corrected chi connectivity index (χ0v) is 24.5. The third-order valence-electron chi connectivity index (χ3n) is 6.60. The first-order chi connectivity index (χ1) is 20.2. The van der Waals surface area contributed by atoms with Crippen molar-refractivity contribution >= 4 is 27.5 Å². The minimum Gasteiger partial charge on any atom is -0.457 e. The van der Waals surface area contributed by atoms with Crippen LogP contribution in [0.15, 0.2) is 115 Å². The standard InChI is InChI=1S/C33H35N3O5S/c1-3-34-33(38)31(23-26-13-7-4-8-14-26)35(24-27-15-9-5-10-16-27)32(37)25-36(42(2,39)40)28-19-21-30(22-20-28)41-29-17-11-6-12-18-29/h4-22,31H,3,23-25H2,1-2H3,(H,34,38)/t31-/m1/s1. The average Bonchev–Trinajstić information content (AvgIpc) is 2.99. The molecular formula is C33H35N3O5S. The topological polar surface area (TPSA) is 96.0 Å². The van der Waals surface area contributed by atoms with Crippen molar-refractivity contribution in [3.8, 4) is 11.5 Å². The maximum absolute atomic E-state index is 14.0. The van der Waals surface area contributed by atoms with Crippen molar-refractivity contribution in [2.24, 2.45) is 0 Å². The van der Waals surface area contributed by atoms with Crippen LogP contribution in [0.25, 0.3) is 0 Å². The zero-order chi connectivity index (χ0) is 30.0. The van der Waals surface area contributed by atoms with Gasteiger partial charge in [0.1, 0.15) is 24.1 Å². The number of likely N-dealkylation sites (N-methyl/N-ethyl adjacent to an activating group) is 1. The van der Waals surface area contributed by atoms with E-state index in [1.54, 1.807) is 24.3 Å². The van der Waals surface area contributed by atoms with Crippen LogP contribution in [0.4, 0.5) is 5.69 Å². The number of amides is 2. The molecule has 42 heavy (non-hydrogen) atoms. The Morgan fingerprint density at radius 1 is 0.762 bits per heavy atom.